The molecule has 0 spiro atoms. The van der Waals surface area contributed by atoms with E-state index < -0.39 is 0 Å². The molecule has 3 nitrogen and oxygen atoms in total. The molecule has 2 N–H and O–H groups in total. The van der Waals surface area contributed by atoms with Crippen molar-refractivity contribution in [1.82, 2.24) is 0 Å². The summed E-state index contributed by atoms with van der Waals surface area (Å²) in [6, 6.07) is 7.63. The number of hydrogen-bond donors (Lipinski definition) is 2. The van der Waals surface area contributed by atoms with E-state index in [1.54, 1.807) is 0 Å². The zero-order valence-electron chi connectivity index (χ0n) is 8.50. The highest BCUT2D eigenvalue weighted by atomic mass is 79.9. The average molecular weight is 269 g/mol. The summed E-state index contributed by atoms with van der Waals surface area (Å²) in [6.07, 6.45) is 0.813. The van der Waals surface area contributed by atoms with Crippen LogP contribution in [0.25, 0.3) is 0 Å². The maximum atomic E-state index is 9.06. The van der Waals surface area contributed by atoms with E-state index in [1.165, 1.54) is 0 Å². The largest absolute Gasteiger partial charge is 0.394 e. The molecule has 0 aliphatic rings. The first-order valence-electron chi connectivity index (χ1n) is 4.79. The Morgan fingerprint density at radius 1 is 1.60 bits per heavy atom. The molecule has 1 rings (SSSR count). The summed E-state index contributed by atoms with van der Waals surface area (Å²) in [6.45, 7) is 2.05. The zero-order chi connectivity index (χ0) is 11.3. The molecule has 0 aliphatic heterocycles. The summed E-state index contributed by atoms with van der Waals surface area (Å²) in [5.41, 5.74) is 1.33. The predicted octanol–water partition coefficient (Wildman–Crippen LogP) is 2.50. The lowest BCUT2D eigenvalue weighted by Gasteiger charge is -2.16. The third kappa shape index (κ3) is 2.95. The number of nitrogens with zero attached hydrogens (tertiary/aromatic N) is 1. The van der Waals surface area contributed by atoms with Crippen LogP contribution in [-0.2, 0) is 0 Å². The van der Waals surface area contributed by atoms with Gasteiger partial charge in [-0.2, -0.15) is 5.26 Å². The van der Waals surface area contributed by atoms with Gasteiger partial charge in [0.2, 0.25) is 0 Å². The van der Waals surface area contributed by atoms with E-state index >= 15 is 0 Å². The molecular weight excluding hydrogens is 256 g/mol. The van der Waals surface area contributed by atoms with Gasteiger partial charge >= 0.3 is 0 Å². The van der Waals surface area contributed by atoms with Gasteiger partial charge in [-0.1, -0.05) is 13.0 Å². The first-order valence-corrected chi connectivity index (χ1v) is 5.58. The molecule has 0 amide bonds. The molecule has 4 heteroatoms. The third-order valence-corrected chi connectivity index (χ3v) is 2.86. The number of aliphatic hydroxyl groups is 1. The molecule has 0 radical (unpaired) electrons. The standard InChI is InChI=1S/C11H13BrN2O/c1-2-8(7-15)14-11-5-3-4-10(12)9(11)6-13/h3-5,8,14-15H,2,7H2,1H3. The lowest BCUT2D eigenvalue weighted by Crippen LogP contribution is -2.23. The van der Waals surface area contributed by atoms with E-state index in [0.717, 1.165) is 16.6 Å². The second-order valence-corrected chi connectivity index (χ2v) is 4.06. The molecule has 1 aromatic carbocycles. The Balaban J connectivity index is 2.95. The molecule has 0 bridgehead atoms. The lowest BCUT2D eigenvalue weighted by atomic mass is 10.1. The van der Waals surface area contributed by atoms with Crippen molar-refractivity contribution in [2.75, 3.05) is 11.9 Å². The molecule has 1 atom stereocenters. The van der Waals surface area contributed by atoms with E-state index in [4.69, 9.17) is 10.4 Å². The summed E-state index contributed by atoms with van der Waals surface area (Å²) in [4.78, 5) is 0. The fourth-order valence-corrected chi connectivity index (χ4v) is 1.71. The second kappa shape index (κ2) is 5.74. The van der Waals surface area contributed by atoms with Crippen molar-refractivity contribution in [3.63, 3.8) is 0 Å². The number of hydrogen-bond acceptors (Lipinski definition) is 3. The van der Waals surface area contributed by atoms with Crippen molar-refractivity contribution in [1.29, 1.82) is 5.26 Å². The summed E-state index contributed by atoms with van der Waals surface area (Å²) in [5.74, 6) is 0. The van der Waals surface area contributed by atoms with Crippen LogP contribution in [0.15, 0.2) is 22.7 Å². The smallest absolute Gasteiger partial charge is 0.103 e. The predicted molar refractivity (Wildman–Crippen MR) is 63.6 cm³/mol. The van der Waals surface area contributed by atoms with Gasteiger partial charge in [-0.05, 0) is 34.5 Å². The van der Waals surface area contributed by atoms with E-state index in [9.17, 15) is 0 Å². The minimum absolute atomic E-state index is 0.00796. The Hall–Kier alpha value is -1.05. The molecule has 0 heterocycles. The minimum atomic E-state index is -0.00796. The normalized spacial score (nSPS) is 11.9. The van der Waals surface area contributed by atoms with Gasteiger partial charge in [-0.15, -0.1) is 0 Å². The van der Waals surface area contributed by atoms with Crippen LogP contribution in [0.3, 0.4) is 0 Å². The van der Waals surface area contributed by atoms with E-state index in [2.05, 4.69) is 27.3 Å². The van der Waals surface area contributed by atoms with Crippen LogP contribution in [0, 0.1) is 11.3 Å². The minimum Gasteiger partial charge on any atom is -0.394 e. The molecular formula is C11H13BrN2O. The molecule has 1 unspecified atom stereocenters. The highest BCUT2D eigenvalue weighted by molar-refractivity contribution is 9.10. The van der Waals surface area contributed by atoms with Crippen LogP contribution in [-0.4, -0.2) is 17.8 Å². The summed E-state index contributed by atoms with van der Waals surface area (Å²) in [7, 11) is 0. The lowest BCUT2D eigenvalue weighted by molar-refractivity contribution is 0.272. The summed E-state index contributed by atoms with van der Waals surface area (Å²) in [5, 5.41) is 21.2. The summed E-state index contributed by atoms with van der Waals surface area (Å²) >= 11 is 3.32. The van der Waals surface area contributed by atoms with E-state index in [1.807, 2.05) is 25.1 Å². The van der Waals surface area contributed by atoms with Gasteiger partial charge in [0, 0.05) is 10.5 Å². The van der Waals surface area contributed by atoms with Crippen LogP contribution in [0.1, 0.15) is 18.9 Å². The summed E-state index contributed by atoms with van der Waals surface area (Å²) < 4.78 is 0.766. The number of nitrogens with one attached hydrogen (secondary N) is 1. The number of anilines is 1. The van der Waals surface area contributed by atoms with Crippen LogP contribution in [0.2, 0.25) is 0 Å². The van der Waals surface area contributed by atoms with Crippen LogP contribution in [0.5, 0.6) is 0 Å². The van der Waals surface area contributed by atoms with Crippen LogP contribution in [0.4, 0.5) is 5.69 Å². The van der Waals surface area contributed by atoms with Crippen molar-refractivity contribution in [3.8, 4) is 6.07 Å². The maximum absolute atomic E-state index is 9.06. The van der Waals surface area contributed by atoms with Gasteiger partial charge in [0.1, 0.15) is 6.07 Å². The highest BCUT2D eigenvalue weighted by Gasteiger charge is 2.09. The number of halogens is 1. The van der Waals surface area contributed by atoms with E-state index in [-0.39, 0.29) is 12.6 Å². The van der Waals surface area contributed by atoms with Gasteiger partial charge in [-0.25, -0.2) is 0 Å². The fourth-order valence-electron chi connectivity index (χ4n) is 1.25. The van der Waals surface area contributed by atoms with Gasteiger partial charge in [0.25, 0.3) is 0 Å². The third-order valence-electron chi connectivity index (χ3n) is 2.20. The van der Waals surface area contributed by atoms with Crippen molar-refractivity contribution in [2.24, 2.45) is 0 Å². The molecule has 0 aromatic heterocycles. The zero-order valence-corrected chi connectivity index (χ0v) is 10.1. The average Bonchev–Trinajstić information content (AvgIpc) is 2.26. The topological polar surface area (TPSA) is 56.0 Å². The van der Waals surface area contributed by atoms with Crippen molar-refractivity contribution >= 4 is 21.6 Å². The Kier molecular flexibility index (Phi) is 4.60. The Labute approximate surface area is 97.9 Å². The molecule has 0 saturated carbocycles. The highest BCUT2D eigenvalue weighted by Crippen LogP contribution is 2.24. The molecule has 0 fully saturated rings. The Bertz CT molecular complexity index is 369. The van der Waals surface area contributed by atoms with Crippen LogP contribution < -0.4 is 5.32 Å². The van der Waals surface area contributed by atoms with Gasteiger partial charge in [0.05, 0.1) is 17.9 Å². The number of rotatable bonds is 4. The van der Waals surface area contributed by atoms with Gasteiger partial charge in [0.15, 0.2) is 0 Å². The van der Waals surface area contributed by atoms with Gasteiger partial charge < -0.3 is 10.4 Å². The molecule has 1 aromatic rings. The monoisotopic (exact) mass is 268 g/mol. The van der Waals surface area contributed by atoms with Crippen molar-refractivity contribution in [3.05, 3.63) is 28.2 Å². The Morgan fingerprint density at radius 3 is 2.87 bits per heavy atom. The number of aliphatic hydroxyl groups excluding tert-OH is 1. The second-order valence-electron chi connectivity index (χ2n) is 3.21. The molecule has 0 saturated heterocycles. The van der Waals surface area contributed by atoms with Crippen molar-refractivity contribution < 1.29 is 5.11 Å². The first-order chi connectivity index (χ1) is 7.22. The van der Waals surface area contributed by atoms with Gasteiger partial charge in [-0.3, -0.25) is 0 Å². The molecule has 0 aliphatic carbocycles. The van der Waals surface area contributed by atoms with E-state index in [0.29, 0.717) is 5.56 Å². The maximum Gasteiger partial charge on any atom is 0.103 e. The molecule has 80 valence electrons. The SMILES string of the molecule is CCC(CO)Nc1cccc(Br)c1C#N. The number of nitriles is 1. The van der Waals surface area contributed by atoms with Crippen LogP contribution >= 0.6 is 15.9 Å². The Morgan fingerprint density at radius 2 is 2.33 bits per heavy atom. The number of benzene rings is 1. The quantitative estimate of drug-likeness (QED) is 0.883. The fraction of sp³-hybridized carbons (Fsp3) is 0.364. The van der Waals surface area contributed by atoms with Crippen molar-refractivity contribution in [2.45, 2.75) is 19.4 Å². The molecule has 15 heavy (non-hydrogen) atoms. The first kappa shape index (κ1) is 12.0.